The van der Waals surface area contributed by atoms with Gasteiger partial charge >= 0.3 is 5.97 Å². The number of unbranched alkanes of at least 4 members (excludes halogenated alkanes) is 14. The van der Waals surface area contributed by atoms with Crippen molar-refractivity contribution in [2.45, 2.75) is 110 Å². The lowest BCUT2D eigenvalue weighted by Crippen LogP contribution is -2.15. The molecule has 9 nitrogen and oxygen atoms in total. The Hall–Kier alpha value is -0.880. The summed E-state index contributed by atoms with van der Waals surface area (Å²) in [7, 11) is 0. The van der Waals surface area contributed by atoms with E-state index in [1.54, 1.807) is 0 Å². The minimum Gasteiger partial charge on any atom is -0.463 e. The van der Waals surface area contributed by atoms with Gasteiger partial charge in [-0.1, -0.05) is 96.8 Å². The van der Waals surface area contributed by atoms with Crippen LogP contribution >= 0.6 is 0 Å². The molecule has 0 radical (unpaired) electrons. The van der Waals surface area contributed by atoms with Crippen molar-refractivity contribution in [2.75, 3.05) is 106 Å². The molecule has 0 aromatic rings. The van der Waals surface area contributed by atoms with Gasteiger partial charge in [-0.3, -0.25) is 4.79 Å². The summed E-state index contributed by atoms with van der Waals surface area (Å²) in [5, 5.41) is 0. The Morgan fingerprint density at radius 3 is 0.977 bits per heavy atom. The van der Waals surface area contributed by atoms with Gasteiger partial charge in [0, 0.05) is 6.42 Å². The van der Waals surface area contributed by atoms with E-state index < -0.39 is 6.67 Å². The number of hydrogen-bond donors (Lipinski definition) is 0. The molecule has 264 valence electrons. The standard InChI is InChI=1S/C34H67FO9/c1-2-3-4-5-6-7-8-9-10-11-12-13-14-15-16-17-34(36)44-33-32-43-31-30-42-29-28-41-27-26-40-25-24-39-23-22-38-21-20-37-19-18-35/h2-33H2,1H3. The number of hydrogen-bond acceptors (Lipinski definition) is 9. The van der Waals surface area contributed by atoms with Crippen molar-refractivity contribution in [3.8, 4) is 0 Å². The Balaban J connectivity index is 3.13. The van der Waals surface area contributed by atoms with E-state index in [2.05, 4.69) is 6.92 Å². The predicted molar refractivity (Wildman–Crippen MR) is 172 cm³/mol. The summed E-state index contributed by atoms with van der Waals surface area (Å²) in [5.74, 6) is -0.132. The fraction of sp³-hybridized carbons (Fsp3) is 0.971. The van der Waals surface area contributed by atoms with Crippen LogP contribution in [0.5, 0.6) is 0 Å². The molecular formula is C34H67FO9. The highest BCUT2D eigenvalue weighted by Gasteiger charge is 2.03. The molecule has 0 aliphatic carbocycles. The summed E-state index contributed by atoms with van der Waals surface area (Å²) >= 11 is 0. The highest BCUT2D eigenvalue weighted by Crippen LogP contribution is 2.13. The Bertz CT molecular complexity index is 543. The number of ether oxygens (including phenoxy) is 8. The summed E-state index contributed by atoms with van der Waals surface area (Å²) in [6.45, 7) is 8.24. The summed E-state index contributed by atoms with van der Waals surface area (Å²) in [4.78, 5) is 11.8. The molecule has 0 aliphatic rings. The predicted octanol–water partition coefficient (Wildman–Crippen LogP) is 6.88. The molecule has 0 atom stereocenters. The molecule has 0 N–H and O–H groups in total. The van der Waals surface area contributed by atoms with E-state index in [1.165, 1.54) is 83.5 Å². The van der Waals surface area contributed by atoms with E-state index >= 15 is 0 Å². The van der Waals surface area contributed by atoms with Gasteiger partial charge in [0.05, 0.1) is 92.5 Å². The highest BCUT2D eigenvalue weighted by molar-refractivity contribution is 5.69. The minimum absolute atomic E-state index is 0.115. The highest BCUT2D eigenvalue weighted by atomic mass is 19.1. The average Bonchev–Trinajstić information content (AvgIpc) is 3.03. The first kappa shape index (κ1) is 43.1. The molecule has 0 aliphatic heterocycles. The number of carbonyl (C=O) groups excluding carboxylic acids is 1. The first-order chi connectivity index (χ1) is 21.8. The smallest absolute Gasteiger partial charge is 0.305 e. The lowest BCUT2D eigenvalue weighted by molar-refractivity contribution is -0.145. The molecule has 0 amide bonds. The van der Waals surface area contributed by atoms with Crippen LogP contribution in [0.25, 0.3) is 0 Å². The zero-order chi connectivity index (χ0) is 31.9. The number of carbonyl (C=O) groups is 1. The third-order valence-corrected chi connectivity index (χ3v) is 6.93. The quantitative estimate of drug-likeness (QED) is 0.0528. The van der Waals surface area contributed by atoms with Crippen LogP contribution in [-0.4, -0.2) is 112 Å². The van der Waals surface area contributed by atoms with Crippen LogP contribution in [-0.2, 0) is 42.7 Å². The summed E-state index contributed by atoms with van der Waals surface area (Å²) < 4.78 is 54.5. The van der Waals surface area contributed by atoms with Crippen LogP contribution in [0.4, 0.5) is 4.39 Å². The Kier molecular flexibility index (Phi) is 39.3. The maximum absolute atomic E-state index is 11.8. The molecule has 0 heterocycles. The van der Waals surface area contributed by atoms with Crippen molar-refractivity contribution in [1.29, 1.82) is 0 Å². The number of rotatable bonds is 39. The number of esters is 1. The SMILES string of the molecule is CCCCCCCCCCCCCCCCCC(=O)OCCOCCOCCOCCOCCOCCOCCOCCF. The largest absolute Gasteiger partial charge is 0.463 e. The maximum Gasteiger partial charge on any atom is 0.305 e. The van der Waals surface area contributed by atoms with E-state index in [0.717, 1.165) is 12.8 Å². The first-order valence-electron chi connectivity index (χ1n) is 17.6. The van der Waals surface area contributed by atoms with E-state index in [-0.39, 0.29) is 19.2 Å². The van der Waals surface area contributed by atoms with Crippen molar-refractivity contribution < 1.29 is 47.1 Å². The monoisotopic (exact) mass is 638 g/mol. The van der Waals surface area contributed by atoms with E-state index in [0.29, 0.717) is 92.3 Å². The van der Waals surface area contributed by atoms with Gasteiger partial charge in [-0.25, -0.2) is 4.39 Å². The van der Waals surface area contributed by atoms with Gasteiger partial charge in [0.1, 0.15) is 13.3 Å². The van der Waals surface area contributed by atoms with Crippen LogP contribution in [0.3, 0.4) is 0 Å². The van der Waals surface area contributed by atoms with E-state index in [1.807, 2.05) is 0 Å². The summed E-state index contributed by atoms with van der Waals surface area (Å²) in [5.41, 5.74) is 0. The molecule has 0 saturated heterocycles. The van der Waals surface area contributed by atoms with Crippen molar-refractivity contribution in [2.24, 2.45) is 0 Å². The lowest BCUT2D eigenvalue weighted by Gasteiger charge is -2.08. The molecule has 0 bridgehead atoms. The maximum atomic E-state index is 11.8. The van der Waals surface area contributed by atoms with Crippen molar-refractivity contribution >= 4 is 5.97 Å². The number of halogens is 1. The Labute approximate surface area is 268 Å². The molecule has 0 unspecified atom stereocenters. The van der Waals surface area contributed by atoms with Crippen LogP contribution < -0.4 is 0 Å². The third kappa shape index (κ3) is 39.1. The third-order valence-electron chi connectivity index (χ3n) is 6.93. The lowest BCUT2D eigenvalue weighted by atomic mass is 10.0. The average molecular weight is 639 g/mol. The van der Waals surface area contributed by atoms with Gasteiger partial charge < -0.3 is 37.9 Å². The molecule has 0 spiro atoms. The van der Waals surface area contributed by atoms with Crippen LogP contribution in [0.1, 0.15) is 110 Å². The summed E-state index contributed by atoms with van der Waals surface area (Å²) in [6.07, 6.45) is 20.2. The van der Waals surface area contributed by atoms with Crippen LogP contribution in [0, 0.1) is 0 Å². The number of alkyl halides is 1. The minimum atomic E-state index is -0.473. The topological polar surface area (TPSA) is 90.9 Å². The molecule has 0 fully saturated rings. The molecule has 0 aromatic heterocycles. The van der Waals surface area contributed by atoms with Crippen LogP contribution in [0.15, 0.2) is 0 Å². The second-order valence-electron chi connectivity index (χ2n) is 10.9. The fourth-order valence-electron chi connectivity index (χ4n) is 4.40. The molecular weight excluding hydrogens is 571 g/mol. The first-order valence-corrected chi connectivity index (χ1v) is 17.6. The molecule has 10 heteroatoms. The molecule has 0 rings (SSSR count). The Morgan fingerprint density at radius 2 is 0.659 bits per heavy atom. The van der Waals surface area contributed by atoms with Gasteiger partial charge in [0.2, 0.25) is 0 Å². The second kappa shape index (κ2) is 40.1. The second-order valence-corrected chi connectivity index (χ2v) is 10.9. The van der Waals surface area contributed by atoms with E-state index in [9.17, 15) is 9.18 Å². The van der Waals surface area contributed by atoms with Crippen molar-refractivity contribution in [3.63, 3.8) is 0 Å². The zero-order valence-corrected chi connectivity index (χ0v) is 28.2. The summed E-state index contributed by atoms with van der Waals surface area (Å²) in [6, 6.07) is 0. The van der Waals surface area contributed by atoms with E-state index in [4.69, 9.17) is 37.9 Å². The molecule has 0 saturated carbocycles. The van der Waals surface area contributed by atoms with Gasteiger partial charge in [0.25, 0.3) is 0 Å². The van der Waals surface area contributed by atoms with Gasteiger partial charge in [-0.2, -0.15) is 0 Å². The normalized spacial score (nSPS) is 11.4. The van der Waals surface area contributed by atoms with Gasteiger partial charge in [0.15, 0.2) is 0 Å². The van der Waals surface area contributed by atoms with Gasteiger partial charge in [-0.15, -0.1) is 0 Å². The molecule has 44 heavy (non-hydrogen) atoms. The van der Waals surface area contributed by atoms with Crippen LogP contribution in [0.2, 0.25) is 0 Å². The fourth-order valence-corrected chi connectivity index (χ4v) is 4.40. The Morgan fingerprint density at radius 1 is 0.386 bits per heavy atom. The zero-order valence-electron chi connectivity index (χ0n) is 28.2. The van der Waals surface area contributed by atoms with Crippen molar-refractivity contribution in [1.82, 2.24) is 0 Å². The molecule has 0 aromatic carbocycles. The van der Waals surface area contributed by atoms with Crippen molar-refractivity contribution in [3.05, 3.63) is 0 Å². The van der Waals surface area contributed by atoms with Gasteiger partial charge in [-0.05, 0) is 6.42 Å².